The van der Waals surface area contributed by atoms with Gasteiger partial charge in [-0.15, -0.1) is 0 Å². The number of benzene rings is 1. The van der Waals surface area contributed by atoms with Gasteiger partial charge in [0.1, 0.15) is 5.82 Å². The van der Waals surface area contributed by atoms with Crippen molar-refractivity contribution < 1.29 is 23.9 Å². The topological polar surface area (TPSA) is 76.4 Å². The van der Waals surface area contributed by atoms with E-state index in [1.165, 1.54) is 29.0 Å². The fourth-order valence-corrected chi connectivity index (χ4v) is 1.86. The zero-order valence-electron chi connectivity index (χ0n) is 9.80. The SMILES string of the molecule is O=Cc1cn(C(=O)CCC(=O)O)c2ccc(F)cc12. The highest BCUT2D eigenvalue weighted by atomic mass is 19.1. The van der Waals surface area contributed by atoms with E-state index in [4.69, 9.17) is 5.11 Å². The van der Waals surface area contributed by atoms with Gasteiger partial charge in [-0.1, -0.05) is 0 Å². The zero-order chi connectivity index (χ0) is 14.0. The van der Waals surface area contributed by atoms with Crippen LogP contribution in [0.2, 0.25) is 0 Å². The highest BCUT2D eigenvalue weighted by molar-refractivity contribution is 6.02. The summed E-state index contributed by atoms with van der Waals surface area (Å²) in [6.07, 6.45) is 1.34. The maximum Gasteiger partial charge on any atom is 0.303 e. The summed E-state index contributed by atoms with van der Waals surface area (Å²) in [5.41, 5.74) is 0.581. The summed E-state index contributed by atoms with van der Waals surface area (Å²) in [6.45, 7) is 0. The number of rotatable bonds is 4. The van der Waals surface area contributed by atoms with Crippen molar-refractivity contribution in [3.05, 3.63) is 35.8 Å². The summed E-state index contributed by atoms with van der Waals surface area (Å²) in [5, 5.41) is 8.88. The van der Waals surface area contributed by atoms with E-state index in [1.54, 1.807) is 0 Å². The van der Waals surface area contributed by atoms with Gasteiger partial charge in [0.15, 0.2) is 6.29 Å². The molecule has 0 aliphatic heterocycles. The fraction of sp³-hybridized carbons (Fsp3) is 0.154. The van der Waals surface area contributed by atoms with Crippen molar-refractivity contribution >= 4 is 29.1 Å². The molecule has 0 atom stereocenters. The van der Waals surface area contributed by atoms with Crippen LogP contribution in [0, 0.1) is 5.82 Å². The van der Waals surface area contributed by atoms with Gasteiger partial charge in [0.25, 0.3) is 0 Å². The van der Waals surface area contributed by atoms with E-state index in [9.17, 15) is 18.8 Å². The number of aromatic nitrogens is 1. The second kappa shape index (κ2) is 5.01. The normalized spacial score (nSPS) is 10.6. The molecule has 19 heavy (non-hydrogen) atoms. The van der Waals surface area contributed by atoms with Crippen LogP contribution in [-0.2, 0) is 4.79 Å². The second-order valence-electron chi connectivity index (χ2n) is 4.02. The highest BCUT2D eigenvalue weighted by Gasteiger charge is 2.14. The average Bonchev–Trinajstić information content (AvgIpc) is 2.73. The van der Waals surface area contributed by atoms with Crippen molar-refractivity contribution in [2.24, 2.45) is 0 Å². The third kappa shape index (κ3) is 2.52. The molecule has 0 saturated heterocycles. The van der Waals surface area contributed by atoms with Crippen LogP contribution >= 0.6 is 0 Å². The van der Waals surface area contributed by atoms with E-state index < -0.39 is 17.7 Å². The first-order valence-electron chi connectivity index (χ1n) is 5.53. The van der Waals surface area contributed by atoms with Gasteiger partial charge < -0.3 is 5.11 Å². The predicted molar refractivity (Wildman–Crippen MR) is 64.8 cm³/mol. The number of fused-ring (bicyclic) bond motifs is 1. The van der Waals surface area contributed by atoms with Gasteiger partial charge in [-0.3, -0.25) is 19.0 Å². The quantitative estimate of drug-likeness (QED) is 0.857. The lowest BCUT2D eigenvalue weighted by Crippen LogP contribution is -2.11. The highest BCUT2D eigenvalue weighted by Crippen LogP contribution is 2.22. The lowest BCUT2D eigenvalue weighted by Gasteiger charge is -2.02. The molecule has 0 aliphatic rings. The minimum absolute atomic E-state index is 0.186. The summed E-state index contributed by atoms with van der Waals surface area (Å²) in [7, 11) is 0. The van der Waals surface area contributed by atoms with Crippen LogP contribution in [0.4, 0.5) is 4.39 Å². The van der Waals surface area contributed by atoms with Crippen LogP contribution in [0.1, 0.15) is 28.0 Å². The van der Waals surface area contributed by atoms with Crippen LogP contribution in [0.5, 0.6) is 0 Å². The molecule has 0 amide bonds. The number of halogens is 1. The Hall–Kier alpha value is -2.50. The number of nitrogens with zero attached hydrogens (tertiary/aromatic N) is 1. The summed E-state index contributed by atoms with van der Waals surface area (Å²) in [5.74, 6) is -2.04. The van der Waals surface area contributed by atoms with Gasteiger partial charge in [-0.05, 0) is 18.2 Å². The Morgan fingerprint density at radius 2 is 2.05 bits per heavy atom. The van der Waals surface area contributed by atoms with Gasteiger partial charge in [-0.2, -0.15) is 0 Å². The predicted octanol–water partition coefficient (Wildman–Crippen LogP) is 2.10. The average molecular weight is 263 g/mol. The molecule has 0 saturated carbocycles. The van der Waals surface area contributed by atoms with Gasteiger partial charge in [0.2, 0.25) is 5.91 Å². The third-order valence-corrected chi connectivity index (χ3v) is 2.75. The molecule has 6 heteroatoms. The Morgan fingerprint density at radius 3 is 2.68 bits per heavy atom. The van der Waals surface area contributed by atoms with Crippen LogP contribution in [-0.4, -0.2) is 27.8 Å². The molecular weight excluding hydrogens is 253 g/mol. The van der Waals surface area contributed by atoms with Crippen molar-refractivity contribution in [2.45, 2.75) is 12.8 Å². The lowest BCUT2D eigenvalue weighted by molar-refractivity contribution is -0.137. The molecule has 0 bridgehead atoms. The van der Waals surface area contributed by atoms with E-state index >= 15 is 0 Å². The van der Waals surface area contributed by atoms with Gasteiger partial charge in [0, 0.05) is 23.6 Å². The monoisotopic (exact) mass is 263 g/mol. The molecule has 1 aromatic heterocycles. The standard InChI is InChI=1S/C13H10FNO4/c14-9-1-2-11-10(5-9)8(7-16)6-15(11)12(17)3-4-13(18)19/h1-2,5-7H,3-4H2,(H,18,19). The van der Waals surface area contributed by atoms with E-state index in [1.807, 2.05) is 0 Å². The van der Waals surface area contributed by atoms with Crippen molar-refractivity contribution in [1.29, 1.82) is 0 Å². The molecule has 1 N–H and O–H groups in total. The third-order valence-electron chi connectivity index (χ3n) is 2.75. The van der Waals surface area contributed by atoms with Gasteiger partial charge in [-0.25, -0.2) is 4.39 Å². The van der Waals surface area contributed by atoms with Crippen LogP contribution in [0.25, 0.3) is 10.9 Å². The van der Waals surface area contributed by atoms with E-state index in [0.29, 0.717) is 17.2 Å². The first kappa shape index (κ1) is 12.9. The summed E-state index contributed by atoms with van der Waals surface area (Å²) in [4.78, 5) is 33.2. The van der Waals surface area contributed by atoms with E-state index in [0.717, 1.165) is 0 Å². The van der Waals surface area contributed by atoms with Crippen molar-refractivity contribution in [2.75, 3.05) is 0 Å². The number of carboxylic acids is 1. The number of hydrogen-bond donors (Lipinski definition) is 1. The molecule has 0 fully saturated rings. The van der Waals surface area contributed by atoms with Crippen molar-refractivity contribution in [3.8, 4) is 0 Å². The van der Waals surface area contributed by atoms with Crippen molar-refractivity contribution in [1.82, 2.24) is 4.57 Å². The molecule has 1 heterocycles. The largest absolute Gasteiger partial charge is 0.481 e. The lowest BCUT2D eigenvalue weighted by atomic mass is 10.2. The minimum Gasteiger partial charge on any atom is -0.481 e. The maximum atomic E-state index is 13.1. The number of aldehydes is 1. The molecule has 98 valence electrons. The van der Waals surface area contributed by atoms with Crippen molar-refractivity contribution in [3.63, 3.8) is 0 Å². The van der Waals surface area contributed by atoms with Crippen LogP contribution in [0.15, 0.2) is 24.4 Å². The van der Waals surface area contributed by atoms with E-state index in [2.05, 4.69) is 0 Å². The molecule has 0 aliphatic carbocycles. The number of carbonyl (C=O) groups is 3. The summed E-state index contributed by atoms with van der Waals surface area (Å²) in [6, 6.07) is 3.73. The van der Waals surface area contributed by atoms with Crippen LogP contribution in [0.3, 0.4) is 0 Å². The summed E-state index contributed by atoms with van der Waals surface area (Å²) >= 11 is 0. The Balaban J connectivity index is 2.46. The molecule has 2 rings (SSSR count). The number of aliphatic carboxylic acids is 1. The molecule has 0 spiro atoms. The van der Waals surface area contributed by atoms with E-state index in [-0.39, 0.29) is 18.4 Å². The van der Waals surface area contributed by atoms with Crippen LogP contribution < -0.4 is 0 Å². The maximum absolute atomic E-state index is 13.1. The summed E-state index contributed by atoms with van der Waals surface area (Å²) < 4.78 is 14.3. The molecular formula is C13H10FNO4. The first-order chi connectivity index (χ1) is 9.02. The smallest absolute Gasteiger partial charge is 0.303 e. The fourth-order valence-electron chi connectivity index (χ4n) is 1.86. The molecule has 0 unspecified atom stereocenters. The Kier molecular flexibility index (Phi) is 3.41. The Morgan fingerprint density at radius 1 is 1.32 bits per heavy atom. The Labute approximate surface area is 107 Å². The molecule has 5 nitrogen and oxygen atoms in total. The molecule has 0 radical (unpaired) electrons. The zero-order valence-corrected chi connectivity index (χ0v) is 9.80. The van der Waals surface area contributed by atoms with Gasteiger partial charge in [0.05, 0.1) is 11.9 Å². The number of carboxylic acid groups (broad SMARTS) is 1. The molecule has 1 aromatic carbocycles. The first-order valence-corrected chi connectivity index (χ1v) is 5.53. The number of hydrogen-bond acceptors (Lipinski definition) is 3. The molecule has 2 aromatic rings. The minimum atomic E-state index is -1.08. The number of carbonyl (C=O) groups excluding carboxylic acids is 2. The van der Waals surface area contributed by atoms with Gasteiger partial charge >= 0.3 is 5.97 Å². The second-order valence-corrected chi connectivity index (χ2v) is 4.02. The Bertz CT molecular complexity index is 675.